The Kier molecular flexibility index (Phi) is 6.49. The van der Waals surface area contributed by atoms with E-state index in [1.807, 2.05) is 13.8 Å². The Labute approximate surface area is 168 Å². The molecule has 7 heteroatoms. The zero-order valence-corrected chi connectivity index (χ0v) is 16.6. The number of hydrogen-bond acceptors (Lipinski definition) is 6. The minimum absolute atomic E-state index is 0.0475. The summed E-state index contributed by atoms with van der Waals surface area (Å²) < 4.78 is 5.65. The van der Waals surface area contributed by atoms with Crippen molar-refractivity contribution in [3.63, 3.8) is 0 Å². The molecule has 2 aromatic rings. The third-order valence-electron chi connectivity index (χ3n) is 4.07. The van der Waals surface area contributed by atoms with Crippen molar-refractivity contribution in [1.29, 1.82) is 0 Å². The summed E-state index contributed by atoms with van der Waals surface area (Å²) in [5, 5.41) is 9.18. The average Bonchev–Trinajstić information content (AvgIpc) is 2.91. The van der Waals surface area contributed by atoms with E-state index in [2.05, 4.69) is 4.98 Å². The Morgan fingerprint density at radius 2 is 1.75 bits per heavy atom. The molecule has 0 unspecified atom stereocenters. The van der Waals surface area contributed by atoms with Crippen molar-refractivity contribution in [2.75, 3.05) is 12.4 Å². The van der Waals surface area contributed by atoms with Crippen LogP contribution in [0.25, 0.3) is 5.57 Å². The molecule has 0 aliphatic carbocycles. The van der Waals surface area contributed by atoms with Crippen molar-refractivity contribution >= 4 is 29.1 Å². The number of aliphatic hydroxyl groups is 1. The Hall–Kier alpha value is -2.64. The van der Waals surface area contributed by atoms with Gasteiger partial charge in [0.1, 0.15) is 5.75 Å². The Morgan fingerprint density at radius 3 is 2.36 bits per heavy atom. The van der Waals surface area contributed by atoms with Crippen LogP contribution in [0.4, 0.5) is 0 Å². The second-order valence-electron chi connectivity index (χ2n) is 6.52. The second-order valence-corrected chi connectivity index (χ2v) is 7.62. The van der Waals surface area contributed by atoms with E-state index in [4.69, 9.17) is 4.74 Å². The molecule has 2 amide bonds. The van der Waals surface area contributed by atoms with Crippen LogP contribution in [0, 0.1) is 0 Å². The number of carbonyl (C=O) groups is 2. The molecule has 0 saturated heterocycles. The number of rotatable bonds is 8. The molecule has 1 aromatic carbocycles. The maximum Gasteiger partial charge on any atom is 0.268 e. The first-order chi connectivity index (χ1) is 13.5. The highest BCUT2D eigenvalue weighted by Gasteiger charge is 2.39. The fourth-order valence-corrected chi connectivity index (χ4v) is 3.76. The van der Waals surface area contributed by atoms with Crippen LogP contribution < -0.4 is 4.74 Å². The molecule has 1 aliphatic rings. The van der Waals surface area contributed by atoms with Gasteiger partial charge in [0.05, 0.1) is 29.7 Å². The predicted octanol–water partition coefficient (Wildman–Crippen LogP) is 2.87. The molecular weight excluding hydrogens is 376 g/mol. The summed E-state index contributed by atoms with van der Waals surface area (Å²) in [4.78, 5) is 31.6. The summed E-state index contributed by atoms with van der Waals surface area (Å²) in [6, 6.07) is 10.7. The van der Waals surface area contributed by atoms with Gasteiger partial charge in [-0.2, -0.15) is 0 Å². The maximum atomic E-state index is 13.1. The molecule has 1 N–H and O–H groups in total. The molecule has 3 rings (SSSR count). The molecule has 0 bridgehead atoms. The number of ether oxygens (including phenoxy) is 1. The van der Waals surface area contributed by atoms with Crippen molar-refractivity contribution in [2.45, 2.75) is 26.5 Å². The van der Waals surface area contributed by atoms with E-state index < -0.39 is 0 Å². The molecule has 6 nitrogen and oxygen atoms in total. The number of benzene rings is 1. The fourth-order valence-electron chi connectivity index (χ4n) is 2.88. The van der Waals surface area contributed by atoms with Gasteiger partial charge in [-0.15, -0.1) is 11.8 Å². The van der Waals surface area contributed by atoms with Crippen molar-refractivity contribution in [1.82, 2.24) is 9.88 Å². The van der Waals surface area contributed by atoms with Gasteiger partial charge in [-0.25, -0.2) is 0 Å². The van der Waals surface area contributed by atoms with Crippen molar-refractivity contribution in [3.05, 3.63) is 64.8 Å². The van der Waals surface area contributed by atoms with Crippen LogP contribution in [0.15, 0.2) is 53.7 Å². The van der Waals surface area contributed by atoms with Crippen LogP contribution in [0.5, 0.6) is 5.75 Å². The monoisotopic (exact) mass is 398 g/mol. The van der Waals surface area contributed by atoms with Gasteiger partial charge in [-0.05, 0) is 49.2 Å². The number of hydrogen-bond donors (Lipinski definition) is 1. The van der Waals surface area contributed by atoms with Crippen LogP contribution in [-0.2, 0) is 16.1 Å². The predicted molar refractivity (Wildman–Crippen MR) is 108 cm³/mol. The molecule has 0 radical (unpaired) electrons. The summed E-state index contributed by atoms with van der Waals surface area (Å²) in [5.74, 6) is 0.377. The van der Waals surface area contributed by atoms with E-state index >= 15 is 0 Å². The smallest absolute Gasteiger partial charge is 0.268 e. The van der Waals surface area contributed by atoms with E-state index in [1.165, 1.54) is 16.7 Å². The van der Waals surface area contributed by atoms with E-state index in [-0.39, 0.29) is 31.1 Å². The Morgan fingerprint density at radius 1 is 1.07 bits per heavy atom. The lowest BCUT2D eigenvalue weighted by Crippen LogP contribution is -2.31. The largest absolute Gasteiger partial charge is 0.491 e. The van der Waals surface area contributed by atoms with E-state index in [0.717, 1.165) is 5.56 Å². The molecule has 1 aromatic heterocycles. The third kappa shape index (κ3) is 4.43. The highest BCUT2D eigenvalue weighted by atomic mass is 32.2. The lowest BCUT2D eigenvalue weighted by atomic mass is 10.1. The van der Waals surface area contributed by atoms with E-state index in [1.54, 1.807) is 48.8 Å². The molecule has 0 saturated carbocycles. The van der Waals surface area contributed by atoms with Crippen molar-refractivity contribution in [3.8, 4) is 5.75 Å². The maximum absolute atomic E-state index is 13.1. The SMILES string of the molecule is CC(C)Oc1ccc(C2=C(SCCO)C(=O)N(Cc3ccncc3)C2=O)cc1. The quantitative estimate of drug-likeness (QED) is 0.689. The number of nitrogens with zero attached hydrogens (tertiary/aromatic N) is 2. The van der Waals surface area contributed by atoms with Crippen LogP contribution in [0.2, 0.25) is 0 Å². The fraction of sp³-hybridized carbons (Fsp3) is 0.286. The van der Waals surface area contributed by atoms with Gasteiger partial charge in [0.25, 0.3) is 11.8 Å². The normalized spacial score (nSPS) is 14.4. The van der Waals surface area contributed by atoms with Crippen LogP contribution in [0.3, 0.4) is 0 Å². The number of amides is 2. The van der Waals surface area contributed by atoms with Crippen molar-refractivity contribution in [2.24, 2.45) is 0 Å². The second kappa shape index (κ2) is 9.03. The third-order valence-corrected chi connectivity index (χ3v) is 5.12. The summed E-state index contributed by atoms with van der Waals surface area (Å²) in [5.41, 5.74) is 1.85. The number of imide groups is 1. The van der Waals surface area contributed by atoms with Gasteiger partial charge < -0.3 is 9.84 Å². The lowest BCUT2D eigenvalue weighted by molar-refractivity contribution is -0.137. The van der Waals surface area contributed by atoms with Gasteiger partial charge in [-0.3, -0.25) is 19.5 Å². The number of aromatic nitrogens is 1. The Balaban J connectivity index is 1.91. The van der Waals surface area contributed by atoms with Gasteiger partial charge >= 0.3 is 0 Å². The van der Waals surface area contributed by atoms with Gasteiger partial charge in [-0.1, -0.05) is 12.1 Å². The number of thioether (sulfide) groups is 1. The number of aliphatic hydroxyl groups excluding tert-OH is 1. The average molecular weight is 398 g/mol. The minimum atomic E-state index is -0.335. The van der Waals surface area contributed by atoms with E-state index in [0.29, 0.717) is 27.5 Å². The molecule has 146 valence electrons. The van der Waals surface area contributed by atoms with E-state index in [9.17, 15) is 14.7 Å². The highest BCUT2D eigenvalue weighted by Crippen LogP contribution is 2.37. The molecule has 28 heavy (non-hydrogen) atoms. The van der Waals surface area contributed by atoms with Gasteiger partial charge in [0.2, 0.25) is 0 Å². The Bertz CT molecular complexity index is 879. The van der Waals surface area contributed by atoms with Crippen LogP contribution in [0.1, 0.15) is 25.0 Å². The molecule has 0 atom stereocenters. The molecular formula is C21H22N2O4S. The first-order valence-electron chi connectivity index (χ1n) is 9.01. The summed E-state index contributed by atoms with van der Waals surface area (Å²) >= 11 is 1.20. The van der Waals surface area contributed by atoms with Crippen molar-refractivity contribution < 1.29 is 19.4 Å². The van der Waals surface area contributed by atoms with Gasteiger partial charge in [0, 0.05) is 18.1 Å². The standard InChI is InChI=1S/C21H22N2O4S/c1-14(2)27-17-5-3-16(4-6-17)18-19(28-12-11-24)21(26)23(20(18)25)13-15-7-9-22-10-8-15/h3-10,14,24H,11-13H2,1-2H3. The zero-order chi connectivity index (χ0) is 20.1. The molecule has 0 spiro atoms. The number of carbonyl (C=O) groups excluding carboxylic acids is 2. The van der Waals surface area contributed by atoms with Gasteiger partial charge in [0.15, 0.2) is 0 Å². The summed E-state index contributed by atoms with van der Waals surface area (Å²) in [6.07, 6.45) is 3.30. The summed E-state index contributed by atoms with van der Waals surface area (Å²) in [6.45, 7) is 3.99. The molecule has 2 heterocycles. The molecule has 0 fully saturated rings. The zero-order valence-electron chi connectivity index (χ0n) is 15.8. The summed E-state index contributed by atoms with van der Waals surface area (Å²) in [7, 11) is 0. The lowest BCUT2D eigenvalue weighted by Gasteiger charge is -2.15. The first kappa shape index (κ1) is 20.1. The highest BCUT2D eigenvalue weighted by molar-refractivity contribution is 8.04. The minimum Gasteiger partial charge on any atom is -0.491 e. The van der Waals surface area contributed by atoms with Crippen LogP contribution in [-0.4, -0.2) is 45.3 Å². The number of pyridine rings is 1. The van der Waals surface area contributed by atoms with Crippen LogP contribution >= 0.6 is 11.8 Å². The first-order valence-corrected chi connectivity index (χ1v) is 10.00. The topological polar surface area (TPSA) is 79.7 Å². The molecule has 1 aliphatic heterocycles.